The molecule has 1 aliphatic carbocycles. The van der Waals surface area contributed by atoms with Crippen molar-refractivity contribution in [2.45, 2.75) is 52.5 Å². The van der Waals surface area contributed by atoms with E-state index in [-0.39, 0.29) is 11.9 Å². The normalized spacial score (nSPS) is 19.2. The van der Waals surface area contributed by atoms with Gasteiger partial charge in [0.2, 0.25) is 5.91 Å². The van der Waals surface area contributed by atoms with Gasteiger partial charge >= 0.3 is 5.97 Å². The average molecular weight is 227 g/mol. The Bertz CT molecular complexity index is 284. The molecule has 4 nitrogen and oxygen atoms in total. The molecule has 0 aliphatic heterocycles. The van der Waals surface area contributed by atoms with Crippen LogP contribution in [-0.4, -0.2) is 23.0 Å². The maximum atomic E-state index is 11.9. The Morgan fingerprint density at radius 1 is 1.44 bits per heavy atom. The Morgan fingerprint density at radius 2 is 2.00 bits per heavy atom. The van der Waals surface area contributed by atoms with E-state index in [1.807, 2.05) is 13.8 Å². The van der Waals surface area contributed by atoms with Crippen LogP contribution in [0.2, 0.25) is 0 Å². The van der Waals surface area contributed by atoms with Crippen LogP contribution in [0.3, 0.4) is 0 Å². The number of carbonyl (C=O) groups is 2. The zero-order valence-corrected chi connectivity index (χ0v) is 10.2. The quantitative estimate of drug-likeness (QED) is 0.680. The number of amides is 1. The van der Waals surface area contributed by atoms with Crippen LogP contribution in [0.1, 0.15) is 46.5 Å². The fourth-order valence-electron chi connectivity index (χ4n) is 1.47. The minimum Gasteiger partial charge on any atom is -0.480 e. The van der Waals surface area contributed by atoms with Gasteiger partial charge in [-0.15, -0.1) is 0 Å². The van der Waals surface area contributed by atoms with Gasteiger partial charge in [0.05, 0.1) is 0 Å². The molecule has 0 aromatic carbocycles. The minimum atomic E-state index is -1.27. The topological polar surface area (TPSA) is 66.4 Å². The van der Waals surface area contributed by atoms with Crippen LogP contribution < -0.4 is 5.32 Å². The first-order valence-corrected chi connectivity index (χ1v) is 5.90. The highest BCUT2D eigenvalue weighted by Gasteiger charge is 2.42. The van der Waals surface area contributed by atoms with Crippen LogP contribution in [0.15, 0.2) is 0 Å². The van der Waals surface area contributed by atoms with Crippen LogP contribution in [-0.2, 0) is 9.59 Å². The van der Waals surface area contributed by atoms with Gasteiger partial charge in [0.1, 0.15) is 5.41 Å². The van der Waals surface area contributed by atoms with Gasteiger partial charge in [-0.05, 0) is 38.5 Å². The summed E-state index contributed by atoms with van der Waals surface area (Å²) in [5.74, 6) is -0.943. The van der Waals surface area contributed by atoms with Crippen molar-refractivity contribution in [3.8, 4) is 0 Å². The van der Waals surface area contributed by atoms with E-state index in [1.54, 1.807) is 0 Å². The largest absolute Gasteiger partial charge is 0.480 e. The summed E-state index contributed by atoms with van der Waals surface area (Å²) in [6.45, 7) is 5.58. The Labute approximate surface area is 96.4 Å². The van der Waals surface area contributed by atoms with Gasteiger partial charge in [0.15, 0.2) is 0 Å². The molecule has 4 heteroatoms. The number of hydrogen-bond donors (Lipinski definition) is 2. The number of nitrogens with one attached hydrogen (secondary N) is 1. The van der Waals surface area contributed by atoms with E-state index in [0.29, 0.717) is 12.3 Å². The second-order valence-electron chi connectivity index (χ2n) is 5.32. The third kappa shape index (κ3) is 3.22. The number of carboxylic acids is 1. The number of rotatable bonds is 6. The molecule has 1 unspecified atom stereocenters. The number of aliphatic carboxylic acids is 1. The van der Waals surface area contributed by atoms with Crippen LogP contribution in [0.25, 0.3) is 0 Å². The number of carboxylic acid groups (broad SMARTS) is 1. The van der Waals surface area contributed by atoms with Crippen LogP contribution in [0.4, 0.5) is 0 Å². The molecule has 0 aromatic heterocycles. The predicted octanol–water partition coefficient (Wildman–Crippen LogP) is 1.79. The fraction of sp³-hybridized carbons (Fsp3) is 0.833. The summed E-state index contributed by atoms with van der Waals surface area (Å²) in [6, 6.07) is 0.213. The van der Waals surface area contributed by atoms with E-state index in [9.17, 15) is 14.7 Å². The zero-order chi connectivity index (χ0) is 12.3. The summed E-state index contributed by atoms with van der Waals surface area (Å²) < 4.78 is 0. The highest BCUT2D eigenvalue weighted by Crippen LogP contribution is 2.28. The predicted molar refractivity (Wildman–Crippen MR) is 61.0 cm³/mol. The molecular weight excluding hydrogens is 206 g/mol. The van der Waals surface area contributed by atoms with Crippen molar-refractivity contribution < 1.29 is 14.7 Å². The van der Waals surface area contributed by atoms with Gasteiger partial charge in [0.25, 0.3) is 0 Å². The highest BCUT2D eigenvalue weighted by molar-refractivity contribution is 6.01. The molecule has 0 aromatic rings. The number of hydrogen-bond acceptors (Lipinski definition) is 2. The summed E-state index contributed by atoms with van der Waals surface area (Å²) in [5, 5.41) is 12.0. The summed E-state index contributed by atoms with van der Waals surface area (Å²) in [7, 11) is 0. The van der Waals surface area contributed by atoms with Gasteiger partial charge in [0, 0.05) is 6.04 Å². The van der Waals surface area contributed by atoms with E-state index in [1.165, 1.54) is 6.92 Å². The molecule has 1 rings (SSSR count). The molecule has 1 amide bonds. The lowest BCUT2D eigenvalue weighted by Crippen LogP contribution is -2.45. The first-order valence-electron chi connectivity index (χ1n) is 5.90. The summed E-state index contributed by atoms with van der Waals surface area (Å²) in [4.78, 5) is 23.1. The molecule has 0 radical (unpaired) electrons. The van der Waals surface area contributed by atoms with E-state index in [2.05, 4.69) is 5.32 Å². The second kappa shape index (κ2) is 4.85. The van der Waals surface area contributed by atoms with Crippen molar-refractivity contribution >= 4 is 11.9 Å². The van der Waals surface area contributed by atoms with Crippen molar-refractivity contribution in [1.29, 1.82) is 0 Å². The lowest BCUT2D eigenvalue weighted by molar-refractivity contribution is -0.155. The molecule has 1 atom stereocenters. The molecule has 0 bridgehead atoms. The van der Waals surface area contributed by atoms with Crippen molar-refractivity contribution in [2.75, 3.05) is 0 Å². The fourth-order valence-corrected chi connectivity index (χ4v) is 1.47. The summed E-state index contributed by atoms with van der Waals surface area (Å²) >= 11 is 0. The maximum absolute atomic E-state index is 11.9. The van der Waals surface area contributed by atoms with Gasteiger partial charge < -0.3 is 10.4 Å². The van der Waals surface area contributed by atoms with E-state index < -0.39 is 11.4 Å². The molecule has 1 saturated carbocycles. The third-order valence-corrected chi connectivity index (χ3v) is 3.11. The Morgan fingerprint density at radius 3 is 2.38 bits per heavy atom. The molecular formula is C12H21NO3. The number of carbonyl (C=O) groups excluding carboxylic acids is 1. The van der Waals surface area contributed by atoms with Crippen molar-refractivity contribution in [2.24, 2.45) is 11.3 Å². The zero-order valence-electron chi connectivity index (χ0n) is 10.2. The second-order valence-corrected chi connectivity index (χ2v) is 5.32. The third-order valence-electron chi connectivity index (χ3n) is 3.11. The minimum absolute atomic E-state index is 0.213. The summed E-state index contributed by atoms with van der Waals surface area (Å²) in [6.07, 6.45) is 3.11. The average Bonchev–Trinajstić information content (AvgIpc) is 2.97. The van der Waals surface area contributed by atoms with E-state index in [0.717, 1.165) is 19.3 Å². The van der Waals surface area contributed by atoms with Crippen LogP contribution in [0.5, 0.6) is 0 Å². The van der Waals surface area contributed by atoms with Crippen molar-refractivity contribution in [3.63, 3.8) is 0 Å². The van der Waals surface area contributed by atoms with E-state index >= 15 is 0 Å². The maximum Gasteiger partial charge on any atom is 0.318 e. The first kappa shape index (κ1) is 13.0. The van der Waals surface area contributed by atoms with E-state index in [4.69, 9.17) is 0 Å². The molecule has 0 saturated heterocycles. The molecule has 2 N–H and O–H groups in total. The molecule has 0 heterocycles. The molecule has 1 fully saturated rings. The first-order chi connectivity index (χ1) is 7.36. The van der Waals surface area contributed by atoms with Crippen LogP contribution >= 0.6 is 0 Å². The van der Waals surface area contributed by atoms with Crippen LogP contribution in [0, 0.1) is 11.3 Å². The monoisotopic (exact) mass is 227 g/mol. The van der Waals surface area contributed by atoms with Gasteiger partial charge in [-0.1, -0.05) is 13.8 Å². The van der Waals surface area contributed by atoms with Gasteiger partial charge in [-0.2, -0.15) is 0 Å². The molecule has 16 heavy (non-hydrogen) atoms. The molecule has 92 valence electrons. The highest BCUT2D eigenvalue weighted by atomic mass is 16.4. The summed E-state index contributed by atoms with van der Waals surface area (Å²) in [5.41, 5.74) is -1.27. The Balaban J connectivity index is 2.61. The smallest absolute Gasteiger partial charge is 0.318 e. The van der Waals surface area contributed by atoms with Crippen molar-refractivity contribution in [1.82, 2.24) is 5.32 Å². The lowest BCUT2D eigenvalue weighted by Gasteiger charge is -2.24. The van der Waals surface area contributed by atoms with Gasteiger partial charge in [-0.3, -0.25) is 9.59 Å². The SMILES string of the molecule is CC(C)CCC(C)(C(=O)O)C(=O)NC1CC1. The molecule has 0 spiro atoms. The Hall–Kier alpha value is -1.06. The lowest BCUT2D eigenvalue weighted by atomic mass is 9.82. The standard InChI is InChI=1S/C12H21NO3/c1-8(2)6-7-12(3,11(15)16)10(14)13-9-4-5-9/h8-9H,4-7H2,1-3H3,(H,13,14)(H,15,16). The molecule has 1 aliphatic rings. The van der Waals surface area contributed by atoms with Crippen molar-refractivity contribution in [3.05, 3.63) is 0 Å². The van der Waals surface area contributed by atoms with Gasteiger partial charge in [-0.25, -0.2) is 0 Å². The Kier molecular flexibility index (Phi) is 3.94.